The second kappa shape index (κ2) is 10.1. The van der Waals surface area contributed by atoms with Gasteiger partial charge in [-0.15, -0.1) is 11.8 Å². The maximum absolute atomic E-state index is 12.4. The van der Waals surface area contributed by atoms with E-state index in [-0.39, 0.29) is 17.2 Å². The second-order valence-corrected chi connectivity index (χ2v) is 7.07. The van der Waals surface area contributed by atoms with Crippen molar-refractivity contribution < 1.29 is 27.8 Å². The normalized spacial score (nSPS) is 11.8. The highest BCUT2D eigenvalue weighted by Gasteiger charge is 2.20. The fraction of sp³-hybridized carbons (Fsp3) is 0.300. The van der Waals surface area contributed by atoms with Crippen LogP contribution in [0.1, 0.15) is 18.1 Å². The number of carbonyl (C=O) groups excluding carboxylic acids is 2. The molecule has 28 heavy (non-hydrogen) atoms. The molecule has 0 aliphatic heterocycles. The summed E-state index contributed by atoms with van der Waals surface area (Å²) in [6, 6.07) is 11.7. The molecule has 2 aromatic rings. The summed E-state index contributed by atoms with van der Waals surface area (Å²) in [5.74, 6) is -1.32. The third-order valence-corrected chi connectivity index (χ3v) is 4.86. The number of hydrogen-bond acceptors (Lipinski definition) is 5. The lowest BCUT2D eigenvalue weighted by atomic mass is 10.2. The Balaban J connectivity index is 1.89. The first kappa shape index (κ1) is 21.7. The van der Waals surface area contributed by atoms with E-state index in [0.717, 1.165) is 16.0 Å². The average Bonchev–Trinajstić information content (AvgIpc) is 2.62. The van der Waals surface area contributed by atoms with Crippen molar-refractivity contribution in [3.8, 4) is 5.75 Å². The zero-order valence-corrected chi connectivity index (χ0v) is 16.5. The number of halogens is 2. The zero-order chi connectivity index (χ0) is 20.7. The van der Waals surface area contributed by atoms with Crippen molar-refractivity contribution >= 4 is 29.3 Å². The van der Waals surface area contributed by atoms with E-state index in [0.29, 0.717) is 0 Å². The van der Waals surface area contributed by atoms with Gasteiger partial charge < -0.3 is 14.8 Å². The van der Waals surface area contributed by atoms with Crippen molar-refractivity contribution in [2.75, 3.05) is 11.1 Å². The van der Waals surface area contributed by atoms with E-state index in [9.17, 15) is 18.4 Å². The van der Waals surface area contributed by atoms with Gasteiger partial charge in [-0.25, -0.2) is 0 Å². The summed E-state index contributed by atoms with van der Waals surface area (Å²) in [5, 5.41) is 2.43. The number of para-hydroxylation sites is 2. The highest BCUT2D eigenvalue weighted by molar-refractivity contribution is 8.00. The number of thioether (sulfide) groups is 1. The van der Waals surface area contributed by atoms with Crippen molar-refractivity contribution in [3.63, 3.8) is 0 Å². The number of rotatable bonds is 8. The first-order valence-electron chi connectivity index (χ1n) is 8.50. The van der Waals surface area contributed by atoms with E-state index in [1.165, 1.54) is 36.9 Å². The lowest BCUT2D eigenvalue weighted by molar-refractivity contribution is -0.150. The zero-order valence-electron chi connectivity index (χ0n) is 15.7. The van der Waals surface area contributed by atoms with Crippen LogP contribution < -0.4 is 10.1 Å². The number of aryl methyl sites for hydroxylation is 2. The van der Waals surface area contributed by atoms with Crippen LogP contribution in [0.2, 0.25) is 0 Å². The minimum atomic E-state index is -3.02. The van der Waals surface area contributed by atoms with E-state index >= 15 is 0 Å². The summed E-state index contributed by atoms with van der Waals surface area (Å²) < 4.78 is 34.4. The fourth-order valence-electron chi connectivity index (χ4n) is 2.39. The molecule has 2 rings (SSSR count). The molecule has 1 N–H and O–H groups in total. The smallest absolute Gasteiger partial charge is 0.387 e. The van der Waals surface area contributed by atoms with E-state index in [4.69, 9.17) is 4.74 Å². The van der Waals surface area contributed by atoms with Crippen molar-refractivity contribution in [2.24, 2.45) is 0 Å². The number of benzene rings is 2. The molecule has 150 valence electrons. The number of ether oxygens (including phenoxy) is 2. The third kappa shape index (κ3) is 6.53. The van der Waals surface area contributed by atoms with Crippen molar-refractivity contribution in [2.45, 2.75) is 38.4 Å². The summed E-state index contributed by atoms with van der Waals surface area (Å²) in [4.78, 5) is 25.2. The van der Waals surface area contributed by atoms with Gasteiger partial charge in [0.05, 0.1) is 11.4 Å². The van der Waals surface area contributed by atoms with Gasteiger partial charge >= 0.3 is 12.6 Å². The van der Waals surface area contributed by atoms with Crippen LogP contribution in [0, 0.1) is 13.8 Å². The lowest BCUT2D eigenvalue weighted by Crippen LogP contribution is -2.30. The van der Waals surface area contributed by atoms with Crippen LogP contribution in [0.3, 0.4) is 0 Å². The summed E-state index contributed by atoms with van der Waals surface area (Å²) in [7, 11) is 0. The average molecular weight is 409 g/mol. The van der Waals surface area contributed by atoms with Gasteiger partial charge in [0.25, 0.3) is 5.91 Å². The molecular weight excluding hydrogens is 388 g/mol. The maximum Gasteiger partial charge on any atom is 0.387 e. The number of esters is 1. The first-order valence-corrected chi connectivity index (χ1v) is 9.49. The number of anilines is 1. The van der Waals surface area contributed by atoms with Gasteiger partial charge in [0.15, 0.2) is 6.10 Å². The molecule has 8 heteroatoms. The highest BCUT2D eigenvalue weighted by Crippen LogP contribution is 2.26. The molecule has 1 amide bonds. The molecule has 0 bridgehead atoms. The molecular formula is C20H21F2NO4S. The second-order valence-electron chi connectivity index (χ2n) is 6.05. The molecule has 0 spiro atoms. The lowest BCUT2D eigenvalue weighted by Gasteiger charge is -2.16. The van der Waals surface area contributed by atoms with Gasteiger partial charge in [0, 0.05) is 4.90 Å². The third-order valence-electron chi connectivity index (χ3n) is 3.71. The highest BCUT2D eigenvalue weighted by atomic mass is 32.2. The Kier molecular flexibility index (Phi) is 7.80. The van der Waals surface area contributed by atoms with Crippen molar-refractivity contribution in [1.82, 2.24) is 0 Å². The van der Waals surface area contributed by atoms with Crippen LogP contribution in [0.5, 0.6) is 5.75 Å². The molecule has 0 saturated heterocycles. The summed E-state index contributed by atoms with van der Waals surface area (Å²) in [6.07, 6.45) is -1.09. The molecule has 0 aliphatic carbocycles. The topological polar surface area (TPSA) is 64.6 Å². The molecule has 0 aliphatic rings. The Morgan fingerprint density at radius 3 is 2.54 bits per heavy atom. The Bertz CT molecular complexity index is 845. The van der Waals surface area contributed by atoms with Gasteiger partial charge in [0.2, 0.25) is 0 Å². The van der Waals surface area contributed by atoms with E-state index in [2.05, 4.69) is 10.1 Å². The predicted molar refractivity (Wildman–Crippen MR) is 104 cm³/mol. The predicted octanol–water partition coefficient (Wildman–Crippen LogP) is 4.57. The minimum Gasteiger partial charge on any atom is -0.452 e. The summed E-state index contributed by atoms with van der Waals surface area (Å²) >= 11 is 1.32. The Morgan fingerprint density at radius 2 is 1.86 bits per heavy atom. The van der Waals surface area contributed by atoms with Crippen LogP contribution in [0.4, 0.5) is 14.5 Å². The maximum atomic E-state index is 12.4. The largest absolute Gasteiger partial charge is 0.452 e. The van der Waals surface area contributed by atoms with E-state index < -0.39 is 24.6 Å². The molecule has 1 atom stereocenters. The number of hydrogen-bond donors (Lipinski definition) is 1. The van der Waals surface area contributed by atoms with Gasteiger partial charge in [0.1, 0.15) is 5.75 Å². The van der Waals surface area contributed by atoms with E-state index in [1.807, 2.05) is 32.0 Å². The number of amides is 1. The molecule has 0 heterocycles. The Labute approximate surface area is 166 Å². The minimum absolute atomic E-state index is 0.0482. The SMILES string of the molecule is Cc1ccc(SCC(=O)O[C@H](C)C(=O)Nc2ccccc2OC(F)F)c(C)c1. The number of nitrogens with one attached hydrogen (secondary N) is 1. The molecule has 5 nitrogen and oxygen atoms in total. The van der Waals surface area contributed by atoms with Gasteiger partial charge in [-0.05, 0) is 44.5 Å². The van der Waals surface area contributed by atoms with Crippen molar-refractivity contribution in [1.29, 1.82) is 0 Å². The van der Waals surface area contributed by atoms with Crippen LogP contribution in [0.15, 0.2) is 47.4 Å². The number of carbonyl (C=O) groups is 2. The van der Waals surface area contributed by atoms with Crippen LogP contribution >= 0.6 is 11.8 Å². The summed E-state index contributed by atoms with van der Waals surface area (Å²) in [5.41, 5.74) is 2.26. The van der Waals surface area contributed by atoms with Crippen LogP contribution in [0.25, 0.3) is 0 Å². The Morgan fingerprint density at radius 1 is 1.14 bits per heavy atom. The van der Waals surface area contributed by atoms with E-state index in [1.54, 1.807) is 6.07 Å². The summed E-state index contributed by atoms with van der Waals surface area (Å²) in [6.45, 7) is 2.33. The molecule has 0 fully saturated rings. The molecule has 0 saturated carbocycles. The molecule has 0 unspecified atom stereocenters. The van der Waals surface area contributed by atoms with Gasteiger partial charge in [-0.3, -0.25) is 9.59 Å². The quantitative estimate of drug-likeness (QED) is 0.511. The van der Waals surface area contributed by atoms with Crippen LogP contribution in [-0.4, -0.2) is 30.3 Å². The fourth-order valence-corrected chi connectivity index (χ4v) is 3.18. The Hall–Kier alpha value is -2.61. The standard InChI is InChI=1S/C20H21F2NO4S/c1-12-8-9-17(13(2)10-12)28-11-18(24)26-14(3)19(25)23-15-6-4-5-7-16(15)27-20(21)22/h4-10,14,20H,11H2,1-3H3,(H,23,25)/t14-/m1/s1. The van der Waals surface area contributed by atoms with Gasteiger partial charge in [-0.1, -0.05) is 29.8 Å². The molecule has 2 aromatic carbocycles. The van der Waals surface area contributed by atoms with Crippen molar-refractivity contribution in [3.05, 3.63) is 53.6 Å². The van der Waals surface area contributed by atoms with Gasteiger partial charge in [-0.2, -0.15) is 8.78 Å². The first-order chi connectivity index (χ1) is 13.3. The monoisotopic (exact) mass is 409 g/mol. The molecule has 0 aromatic heterocycles. The number of alkyl halides is 2. The molecule has 0 radical (unpaired) electrons. The van der Waals surface area contributed by atoms with Crippen LogP contribution in [-0.2, 0) is 14.3 Å².